The summed E-state index contributed by atoms with van der Waals surface area (Å²) >= 11 is 0. The number of nitrogens with zero attached hydrogens (tertiary/aromatic N) is 2. The molecule has 0 saturated heterocycles. The summed E-state index contributed by atoms with van der Waals surface area (Å²) in [6.45, 7) is 3.68. The third-order valence-electron chi connectivity index (χ3n) is 2.84. The molecule has 5 nitrogen and oxygen atoms in total. The van der Waals surface area contributed by atoms with E-state index in [1.54, 1.807) is 0 Å². The van der Waals surface area contributed by atoms with Crippen LogP contribution in [0.2, 0.25) is 0 Å². The maximum Gasteiger partial charge on any atom is 0.417 e. The molecule has 8 heteroatoms. The van der Waals surface area contributed by atoms with Gasteiger partial charge in [-0.05, 0) is 18.1 Å². The van der Waals surface area contributed by atoms with Crippen molar-refractivity contribution in [2.24, 2.45) is 0 Å². The summed E-state index contributed by atoms with van der Waals surface area (Å²) in [5.74, 6) is 0.0417. The highest BCUT2D eigenvalue weighted by atomic mass is 19.4. The first kappa shape index (κ1) is 14.2. The predicted molar refractivity (Wildman–Crippen MR) is 67.7 cm³/mol. The van der Waals surface area contributed by atoms with Crippen LogP contribution in [0.3, 0.4) is 0 Å². The SMILES string of the molecule is CC(C)c1[nH]n(-c2ccc(C(F)(F)F)cn2)c(=O)c1N. The summed E-state index contributed by atoms with van der Waals surface area (Å²) in [4.78, 5) is 15.6. The normalized spacial score (nSPS) is 12.1. The second-order valence-electron chi connectivity index (χ2n) is 4.64. The Kier molecular flexibility index (Phi) is 3.33. The minimum Gasteiger partial charge on any atom is -0.393 e. The molecular formula is C12H13F3N4O. The van der Waals surface area contributed by atoms with E-state index in [0.29, 0.717) is 11.9 Å². The molecule has 0 fully saturated rings. The van der Waals surface area contributed by atoms with Crippen LogP contribution in [0.15, 0.2) is 23.1 Å². The summed E-state index contributed by atoms with van der Waals surface area (Å²) in [5.41, 5.74) is 4.83. The zero-order chi connectivity index (χ0) is 15.1. The zero-order valence-electron chi connectivity index (χ0n) is 10.8. The third kappa shape index (κ3) is 2.40. The van der Waals surface area contributed by atoms with Gasteiger partial charge in [0.25, 0.3) is 5.56 Å². The second-order valence-corrected chi connectivity index (χ2v) is 4.64. The summed E-state index contributed by atoms with van der Waals surface area (Å²) in [6.07, 6.45) is -3.79. The van der Waals surface area contributed by atoms with E-state index < -0.39 is 17.3 Å². The van der Waals surface area contributed by atoms with E-state index in [4.69, 9.17) is 5.73 Å². The van der Waals surface area contributed by atoms with E-state index in [0.717, 1.165) is 16.8 Å². The molecule has 2 aromatic rings. The molecule has 0 atom stereocenters. The molecule has 108 valence electrons. The van der Waals surface area contributed by atoms with Gasteiger partial charge in [-0.25, -0.2) is 4.98 Å². The van der Waals surface area contributed by atoms with Gasteiger partial charge in [-0.1, -0.05) is 13.8 Å². The minimum absolute atomic E-state index is 0.0154. The molecule has 0 aromatic carbocycles. The molecule has 0 saturated carbocycles. The molecule has 0 aliphatic carbocycles. The molecule has 0 radical (unpaired) electrons. The van der Waals surface area contributed by atoms with Gasteiger partial charge in [0.2, 0.25) is 0 Å². The third-order valence-corrected chi connectivity index (χ3v) is 2.84. The summed E-state index contributed by atoms with van der Waals surface area (Å²) in [6, 6.07) is 1.98. The van der Waals surface area contributed by atoms with Crippen LogP contribution in [-0.4, -0.2) is 14.8 Å². The Hall–Kier alpha value is -2.25. The van der Waals surface area contributed by atoms with Gasteiger partial charge in [0, 0.05) is 6.20 Å². The Morgan fingerprint density at radius 1 is 1.35 bits per heavy atom. The molecule has 3 N–H and O–H groups in total. The Balaban J connectivity index is 2.48. The summed E-state index contributed by atoms with van der Waals surface area (Å²) in [5, 5.41) is 2.76. The molecule has 0 spiro atoms. The highest BCUT2D eigenvalue weighted by Crippen LogP contribution is 2.28. The highest BCUT2D eigenvalue weighted by molar-refractivity contribution is 5.44. The molecule has 0 aliphatic heterocycles. The van der Waals surface area contributed by atoms with Crippen molar-refractivity contribution >= 4 is 5.69 Å². The van der Waals surface area contributed by atoms with Crippen molar-refractivity contribution in [2.75, 3.05) is 5.73 Å². The average molecular weight is 286 g/mol. The first-order valence-corrected chi connectivity index (χ1v) is 5.86. The number of anilines is 1. The van der Waals surface area contributed by atoms with E-state index in [1.807, 2.05) is 13.8 Å². The van der Waals surface area contributed by atoms with Crippen LogP contribution in [0.1, 0.15) is 31.0 Å². The van der Waals surface area contributed by atoms with Crippen LogP contribution in [0.4, 0.5) is 18.9 Å². The van der Waals surface area contributed by atoms with E-state index in [1.165, 1.54) is 0 Å². The van der Waals surface area contributed by atoms with Crippen molar-refractivity contribution in [1.82, 2.24) is 14.8 Å². The van der Waals surface area contributed by atoms with Crippen LogP contribution in [0.5, 0.6) is 0 Å². The number of nitrogens with one attached hydrogen (secondary N) is 1. The van der Waals surface area contributed by atoms with Gasteiger partial charge in [-0.3, -0.25) is 9.89 Å². The van der Waals surface area contributed by atoms with Crippen molar-refractivity contribution in [1.29, 1.82) is 0 Å². The van der Waals surface area contributed by atoms with Crippen LogP contribution < -0.4 is 11.3 Å². The van der Waals surface area contributed by atoms with Crippen molar-refractivity contribution in [3.05, 3.63) is 39.9 Å². The van der Waals surface area contributed by atoms with Gasteiger partial charge in [0.15, 0.2) is 5.82 Å². The number of hydrogen-bond donors (Lipinski definition) is 2. The molecule has 0 amide bonds. The molecule has 2 aromatic heterocycles. The molecule has 2 rings (SSSR count). The number of H-pyrrole nitrogens is 1. The van der Waals surface area contributed by atoms with Gasteiger partial charge in [0.05, 0.1) is 11.3 Å². The second kappa shape index (κ2) is 4.69. The number of nitrogen functional groups attached to an aromatic ring is 1. The predicted octanol–water partition coefficient (Wildman–Crippen LogP) is 2.29. The number of halogens is 3. The number of aromatic amines is 1. The standard InChI is InChI=1S/C12H13F3N4O/c1-6(2)10-9(16)11(20)19(18-10)8-4-3-7(5-17-8)12(13,14)15/h3-6,18H,16H2,1-2H3. The van der Waals surface area contributed by atoms with Crippen molar-refractivity contribution in [3.63, 3.8) is 0 Å². The Morgan fingerprint density at radius 3 is 2.40 bits per heavy atom. The quantitative estimate of drug-likeness (QED) is 0.889. The number of rotatable bonds is 2. The van der Waals surface area contributed by atoms with Crippen molar-refractivity contribution < 1.29 is 13.2 Å². The largest absolute Gasteiger partial charge is 0.417 e. The number of aromatic nitrogens is 3. The van der Waals surface area contributed by atoms with E-state index >= 15 is 0 Å². The van der Waals surface area contributed by atoms with E-state index in [9.17, 15) is 18.0 Å². The molecule has 20 heavy (non-hydrogen) atoms. The number of pyridine rings is 1. The first-order valence-electron chi connectivity index (χ1n) is 5.86. The number of hydrogen-bond acceptors (Lipinski definition) is 3. The average Bonchev–Trinajstić information content (AvgIpc) is 2.66. The van der Waals surface area contributed by atoms with E-state index in [2.05, 4.69) is 10.1 Å². The number of nitrogens with two attached hydrogens (primary N) is 1. The fourth-order valence-corrected chi connectivity index (χ4v) is 1.75. The van der Waals surface area contributed by atoms with Gasteiger partial charge < -0.3 is 5.73 Å². The monoisotopic (exact) mass is 286 g/mol. The molecular weight excluding hydrogens is 273 g/mol. The fraction of sp³-hybridized carbons (Fsp3) is 0.333. The lowest BCUT2D eigenvalue weighted by Crippen LogP contribution is -2.18. The minimum atomic E-state index is -4.46. The zero-order valence-corrected chi connectivity index (χ0v) is 10.8. The van der Waals surface area contributed by atoms with Crippen LogP contribution >= 0.6 is 0 Å². The van der Waals surface area contributed by atoms with Gasteiger partial charge in [-0.2, -0.15) is 17.9 Å². The molecule has 2 heterocycles. The Labute approximate surface area is 112 Å². The van der Waals surface area contributed by atoms with Crippen LogP contribution in [-0.2, 0) is 6.18 Å². The van der Waals surface area contributed by atoms with Gasteiger partial charge in [-0.15, -0.1) is 0 Å². The topological polar surface area (TPSA) is 76.7 Å². The Bertz CT molecular complexity index is 667. The van der Waals surface area contributed by atoms with Crippen LogP contribution in [0, 0.1) is 0 Å². The van der Waals surface area contributed by atoms with Gasteiger partial charge in [0.1, 0.15) is 5.69 Å². The number of alkyl halides is 3. The van der Waals surface area contributed by atoms with E-state index in [-0.39, 0.29) is 17.4 Å². The lowest BCUT2D eigenvalue weighted by molar-refractivity contribution is -0.137. The Morgan fingerprint density at radius 2 is 2.00 bits per heavy atom. The lowest BCUT2D eigenvalue weighted by atomic mass is 10.1. The smallest absolute Gasteiger partial charge is 0.393 e. The fourth-order valence-electron chi connectivity index (χ4n) is 1.75. The van der Waals surface area contributed by atoms with Crippen LogP contribution in [0.25, 0.3) is 5.82 Å². The molecule has 0 bridgehead atoms. The van der Waals surface area contributed by atoms with Crippen molar-refractivity contribution in [3.8, 4) is 5.82 Å². The maximum atomic E-state index is 12.4. The highest BCUT2D eigenvalue weighted by Gasteiger charge is 2.30. The maximum absolute atomic E-state index is 12.4. The lowest BCUT2D eigenvalue weighted by Gasteiger charge is -2.07. The summed E-state index contributed by atoms with van der Waals surface area (Å²) < 4.78 is 38.3. The van der Waals surface area contributed by atoms with Gasteiger partial charge >= 0.3 is 6.18 Å². The summed E-state index contributed by atoms with van der Waals surface area (Å²) in [7, 11) is 0. The first-order chi connectivity index (χ1) is 9.21. The van der Waals surface area contributed by atoms with Crippen molar-refractivity contribution in [2.45, 2.75) is 25.9 Å². The molecule has 0 unspecified atom stereocenters. The molecule has 0 aliphatic rings.